The van der Waals surface area contributed by atoms with Crippen LogP contribution in [-0.4, -0.2) is 12.6 Å². The second kappa shape index (κ2) is 9.24. The van der Waals surface area contributed by atoms with Gasteiger partial charge in [-0.1, -0.05) is 54.6 Å². The van der Waals surface area contributed by atoms with E-state index in [0.717, 1.165) is 21.9 Å². The van der Waals surface area contributed by atoms with Crippen LogP contribution >= 0.6 is 0 Å². The number of carbonyl (C=O) groups excluding carboxylic acids is 1. The average molecular weight is 463 g/mol. The molecule has 1 unspecified atom stereocenters. The molecule has 4 aromatic rings. The Hall–Kier alpha value is -4.76. The number of fused-ring (bicyclic) bond motifs is 2. The van der Waals surface area contributed by atoms with Gasteiger partial charge < -0.3 is 19.9 Å². The molecule has 0 spiro atoms. The SMILES string of the molecule is CCOc1cccc(C(=O)Oc2ccc3c(c2)OC(N)=C(C#N)C3c2cccc3ccccc23)c1. The van der Waals surface area contributed by atoms with Crippen LogP contribution in [0.5, 0.6) is 17.2 Å². The molecule has 4 aromatic carbocycles. The second-order valence-corrected chi connectivity index (χ2v) is 8.04. The number of nitrogens with two attached hydrogens (primary N) is 1. The average Bonchev–Trinajstić information content (AvgIpc) is 2.88. The number of nitrogens with zero attached hydrogens (tertiary/aromatic N) is 1. The van der Waals surface area contributed by atoms with Crippen molar-refractivity contribution in [2.75, 3.05) is 6.61 Å². The second-order valence-electron chi connectivity index (χ2n) is 8.04. The topological polar surface area (TPSA) is 94.6 Å². The van der Waals surface area contributed by atoms with Gasteiger partial charge in [-0.3, -0.25) is 0 Å². The first-order valence-corrected chi connectivity index (χ1v) is 11.2. The van der Waals surface area contributed by atoms with E-state index in [0.29, 0.717) is 35.0 Å². The number of esters is 1. The molecular weight excluding hydrogens is 440 g/mol. The summed E-state index contributed by atoms with van der Waals surface area (Å²) in [7, 11) is 0. The molecule has 0 saturated heterocycles. The number of ether oxygens (including phenoxy) is 3. The lowest BCUT2D eigenvalue weighted by Crippen LogP contribution is -2.21. The Balaban J connectivity index is 1.52. The molecule has 0 saturated carbocycles. The Morgan fingerprint density at radius 3 is 2.60 bits per heavy atom. The van der Waals surface area contributed by atoms with E-state index in [1.807, 2.05) is 55.5 Å². The molecule has 0 amide bonds. The molecule has 2 N–H and O–H groups in total. The Bertz CT molecular complexity index is 1510. The van der Waals surface area contributed by atoms with Crippen molar-refractivity contribution in [1.29, 1.82) is 5.26 Å². The first-order valence-electron chi connectivity index (χ1n) is 11.2. The minimum atomic E-state index is -0.519. The zero-order valence-corrected chi connectivity index (χ0v) is 19.0. The van der Waals surface area contributed by atoms with Gasteiger partial charge in [-0.15, -0.1) is 0 Å². The summed E-state index contributed by atoms with van der Waals surface area (Å²) in [5, 5.41) is 12.0. The normalized spacial score (nSPS) is 14.6. The van der Waals surface area contributed by atoms with Gasteiger partial charge >= 0.3 is 5.97 Å². The highest BCUT2D eigenvalue weighted by Gasteiger charge is 2.32. The summed E-state index contributed by atoms with van der Waals surface area (Å²) in [4.78, 5) is 12.7. The van der Waals surface area contributed by atoms with Crippen LogP contribution in [0.15, 0.2) is 96.4 Å². The fourth-order valence-corrected chi connectivity index (χ4v) is 4.37. The molecule has 6 nitrogen and oxygen atoms in total. The lowest BCUT2D eigenvalue weighted by atomic mass is 9.81. The maximum Gasteiger partial charge on any atom is 0.343 e. The van der Waals surface area contributed by atoms with E-state index in [1.165, 1.54) is 0 Å². The number of hydrogen-bond acceptors (Lipinski definition) is 6. The molecular formula is C29H22N2O4. The van der Waals surface area contributed by atoms with Gasteiger partial charge in [0.25, 0.3) is 0 Å². The van der Waals surface area contributed by atoms with Gasteiger partial charge in [0.1, 0.15) is 28.9 Å². The largest absolute Gasteiger partial charge is 0.494 e. The van der Waals surface area contributed by atoms with Crippen LogP contribution in [0.2, 0.25) is 0 Å². The van der Waals surface area contributed by atoms with Crippen LogP contribution in [0, 0.1) is 11.3 Å². The summed E-state index contributed by atoms with van der Waals surface area (Å²) in [6.45, 7) is 2.37. The van der Waals surface area contributed by atoms with Crippen molar-refractivity contribution in [3.8, 4) is 23.3 Å². The van der Waals surface area contributed by atoms with Crippen LogP contribution in [0.1, 0.15) is 34.3 Å². The highest BCUT2D eigenvalue weighted by molar-refractivity contribution is 5.91. The van der Waals surface area contributed by atoms with Gasteiger partial charge in [0.2, 0.25) is 5.88 Å². The smallest absolute Gasteiger partial charge is 0.343 e. The summed E-state index contributed by atoms with van der Waals surface area (Å²) in [6.07, 6.45) is 0. The van der Waals surface area contributed by atoms with Crippen molar-refractivity contribution in [2.45, 2.75) is 12.8 Å². The van der Waals surface area contributed by atoms with Gasteiger partial charge in [-0.2, -0.15) is 5.26 Å². The van der Waals surface area contributed by atoms with E-state index in [1.54, 1.807) is 36.4 Å². The molecule has 6 heteroatoms. The maximum atomic E-state index is 12.7. The van der Waals surface area contributed by atoms with Crippen molar-refractivity contribution in [3.05, 3.63) is 113 Å². The monoisotopic (exact) mass is 462 g/mol. The van der Waals surface area contributed by atoms with Crippen molar-refractivity contribution in [3.63, 3.8) is 0 Å². The van der Waals surface area contributed by atoms with Crippen molar-refractivity contribution in [2.24, 2.45) is 5.73 Å². The Morgan fingerprint density at radius 1 is 0.971 bits per heavy atom. The van der Waals surface area contributed by atoms with Gasteiger partial charge in [-0.25, -0.2) is 4.79 Å². The molecule has 1 aliphatic rings. The van der Waals surface area contributed by atoms with E-state index in [9.17, 15) is 10.1 Å². The predicted octanol–water partition coefficient (Wildman–Crippen LogP) is 5.68. The lowest BCUT2D eigenvalue weighted by Gasteiger charge is -2.27. The molecule has 1 aliphatic heterocycles. The van der Waals surface area contributed by atoms with Crippen molar-refractivity contribution in [1.82, 2.24) is 0 Å². The molecule has 35 heavy (non-hydrogen) atoms. The fraction of sp³-hybridized carbons (Fsp3) is 0.103. The van der Waals surface area contributed by atoms with Gasteiger partial charge in [-0.05, 0) is 47.5 Å². The highest BCUT2D eigenvalue weighted by atomic mass is 16.5. The fourth-order valence-electron chi connectivity index (χ4n) is 4.37. The van der Waals surface area contributed by atoms with Crippen LogP contribution in [-0.2, 0) is 0 Å². The standard InChI is InChI=1S/C29H22N2O4/c1-2-33-20-10-5-9-19(15-20)29(32)34-21-13-14-24-26(16-21)35-28(31)25(17-30)27(24)23-12-6-8-18-7-3-4-11-22(18)23/h3-16,27H,2,31H2,1H3. The third-order valence-corrected chi connectivity index (χ3v) is 5.92. The van der Waals surface area contributed by atoms with Gasteiger partial charge in [0.05, 0.1) is 18.1 Å². The van der Waals surface area contributed by atoms with Gasteiger partial charge in [0, 0.05) is 11.6 Å². The summed E-state index contributed by atoms with van der Waals surface area (Å²) in [5.74, 6) is 0.436. The lowest BCUT2D eigenvalue weighted by molar-refractivity contribution is 0.0734. The van der Waals surface area contributed by atoms with Crippen LogP contribution < -0.4 is 19.9 Å². The van der Waals surface area contributed by atoms with E-state index < -0.39 is 11.9 Å². The van der Waals surface area contributed by atoms with E-state index >= 15 is 0 Å². The summed E-state index contributed by atoms with van der Waals surface area (Å²) >= 11 is 0. The quantitative estimate of drug-likeness (QED) is 0.303. The van der Waals surface area contributed by atoms with Crippen LogP contribution in [0.3, 0.4) is 0 Å². The molecule has 5 rings (SSSR count). The summed E-state index contributed by atoms with van der Waals surface area (Å²) in [5.41, 5.74) is 8.60. The van der Waals surface area contributed by atoms with E-state index in [2.05, 4.69) is 6.07 Å². The number of rotatable bonds is 5. The minimum absolute atomic E-state index is 0.0332. The number of allylic oxidation sites excluding steroid dienone is 1. The summed E-state index contributed by atoms with van der Waals surface area (Å²) < 4.78 is 16.9. The predicted molar refractivity (Wildman–Crippen MR) is 132 cm³/mol. The first-order chi connectivity index (χ1) is 17.1. The molecule has 0 fully saturated rings. The molecule has 172 valence electrons. The maximum absolute atomic E-state index is 12.7. The summed E-state index contributed by atoms with van der Waals surface area (Å²) in [6, 6.07) is 28.2. The third-order valence-electron chi connectivity index (χ3n) is 5.92. The number of carbonyl (C=O) groups is 1. The van der Waals surface area contributed by atoms with E-state index in [-0.39, 0.29) is 5.88 Å². The molecule has 0 aromatic heterocycles. The molecule has 1 atom stereocenters. The molecule has 1 heterocycles. The zero-order chi connectivity index (χ0) is 24.4. The number of benzene rings is 4. The zero-order valence-electron chi connectivity index (χ0n) is 19.0. The van der Waals surface area contributed by atoms with Crippen molar-refractivity contribution < 1.29 is 19.0 Å². The van der Waals surface area contributed by atoms with E-state index in [4.69, 9.17) is 19.9 Å². The Labute approximate surface area is 202 Å². The molecule has 0 aliphatic carbocycles. The Morgan fingerprint density at radius 2 is 1.77 bits per heavy atom. The Kier molecular flexibility index (Phi) is 5.82. The molecule has 0 radical (unpaired) electrons. The van der Waals surface area contributed by atoms with Crippen LogP contribution in [0.4, 0.5) is 0 Å². The van der Waals surface area contributed by atoms with Gasteiger partial charge in [0.15, 0.2) is 0 Å². The number of nitriles is 1. The highest BCUT2D eigenvalue weighted by Crippen LogP contribution is 2.45. The van der Waals surface area contributed by atoms with Crippen molar-refractivity contribution >= 4 is 16.7 Å². The first kappa shape index (κ1) is 22.1. The minimum Gasteiger partial charge on any atom is -0.494 e. The third kappa shape index (κ3) is 4.16. The van der Waals surface area contributed by atoms with Crippen LogP contribution in [0.25, 0.3) is 10.8 Å². The number of hydrogen-bond donors (Lipinski definition) is 1. The molecule has 0 bridgehead atoms.